The summed E-state index contributed by atoms with van der Waals surface area (Å²) in [6.07, 6.45) is 0.539. The minimum absolute atomic E-state index is 0.00221. The molecule has 1 aromatic heterocycles. The molecule has 112 valence electrons. The first-order valence-electron chi connectivity index (χ1n) is 6.45. The van der Waals surface area contributed by atoms with E-state index < -0.39 is 11.9 Å². The molecule has 5 nitrogen and oxygen atoms in total. The molecule has 0 saturated carbocycles. The van der Waals surface area contributed by atoms with E-state index in [9.17, 15) is 9.18 Å². The molecule has 21 heavy (non-hydrogen) atoms. The van der Waals surface area contributed by atoms with Crippen LogP contribution in [0.15, 0.2) is 28.8 Å². The number of anilines is 2. The molecule has 2 N–H and O–H groups in total. The molecule has 0 aliphatic heterocycles. The normalized spacial score (nSPS) is 12.0. The van der Waals surface area contributed by atoms with Gasteiger partial charge in [0.2, 0.25) is 5.91 Å². The Balaban J connectivity index is 2.04. The Hall–Kier alpha value is -2.08. The standard InChI is InChI=1S/C14H15ClFN3O2/c1-3-12(14(20)18-13-6-8(2)21-19-13)17-9-4-5-11(16)10(15)7-9/h4-7,12,17H,3H2,1-2H3,(H,18,19,20). The quantitative estimate of drug-likeness (QED) is 0.885. The summed E-state index contributed by atoms with van der Waals surface area (Å²) in [7, 11) is 0. The Kier molecular flexibility index (Phi) is 4.80. The number of nitrogens with zero attached hydrogens (tertiary/aromatic N) is 1. The monoisotopic (exact) mass is 311 g/mol. The number of nitrogens with one attached hydrogen (secondary N) is 2. The second-order valence-electron chi connectivity index (χ2n) is 4.55. The summed E-state index contributed by atoms with van der Waals surface area (Å²) in [5, 5.41) is 9.35. The van der Waals surface area contributed by atoms with Crippen molar-refractivity contribution in [3.05, 3.63) is 40.9 Å². The minimum atomic E-state index is -0.502. The topological polar surface area (TPSA) is 67.2 Å². The summed E-state index contributed by atoms with van der Waals surface area (Å²) in [4.78, 5) is 12.1. The summed E-state index contributed by atoms with van der Waals surface area (Å²) in [6, 6.07) is 5.34. The lowest BCUT2D eigenvalue weighted by atomic mass is 10.2. The van der Waals surface area contributed by atoms with Crippen molar-refractivity contribution < 1.29 is 13.7 Å². The van der Waals surface area contributed by atoms with E-state index in [1.54, 1.807) is 13.0 Å². The molecule has 7 heteroatoms. The van der Waals surface area contributed by atoms with Crippen LogP contribution in [0.2, 0.25) is 5.02 Å². The van der Waals surface area contributed by atoms with Crippen LogP contribution in [0, 0.1) is 12.7 Å². The number of carbonyl (C=O) groups is 1. The van der Waals surface area contributed by atoms with Crippen molar-refractivity contribution in [3.63, 3.8) is 0 Å². The maximum atomic E-state index is 13.1. The molecule has 0 aliphatic rings. The van der Waals surface area contributed by atoms with Gasteiger partial charge in [-0.05, 0) is 31.5 Å². The fourth-order valence-corrected chi connectivity index (χ4v) is 1.96. The predicted molar refractivity (Wildman–Crippen MR) is 79.0 cm³/mol. The van der Waals surface area contributed by atoms with Crippen molar-refractivity contribution >= 4 is 29.0 Å². The fraction of sp³-hybridized carbons (Fsp3) is 0.286. The number of carbonyl (C=O) groups excluding carboxylic acids is 1. The van der Waals surface area contributed by atoms with Crippen LogP contribution in [0.3, 0.4) is 0 Å². The van der Waals surface area contributed by atoms with E-state index in [0.717, 1.165) is 0 Å². The lowest BCUT2D eigenvalue weighted by Crippen LogP contribution is -2.34. The zero-order chi connectivity index (χ0) is 15.4. The van der Waals surface area contributed by atoms with Gasteiger partial charge in [0.05, 0.1) is 5.02 Å². The summed E-state index contributed by atoms with van der Waals surface area (Å²) < 4.78 is 18.0. The van der Waals surface area contributed by atoms with Crippen molar-refractivity contribution in [2.75, 3.05) is 10.6 Å². The van der Waals surface area contributed by atoms with E-state index in [-0.39, 0.29) is 10.9 Å². The smallest absolute Gasteiger partial charge is 0.248 e. The van der Waals surface area contributed by atoms with Gasteiger partial charge in [-0.1, -0.05) is 23.7 Å². The number of aryl methyl sites for hydroxylation is 1. The van der Waals surface area contributed by atoms with Crippen LogP contribution in [-0.4, -0.2) is 17.1 Å². The van der Waals surface area contributed by atoms with Crippen LogP contribution in [0.5, 0.6) is 0 Å². The van der Waals surface area contributed by atoms with Crippen molar-refractivity contribution in [1.82, 2.24) is 5.16 Å². The SMILES string of the molecule is CCC(Nc1ccc(F)c(Cl)c1)C(=O)Nc1cc(C)on1. The lowest BCUT2D eigenvalue weighted by Gasteiger charge is -2.17. The number of benzene rings is 1. The lowest BCUT2D eigenvalue weighted by molar-refractivity contribution is -0.117. The first-order chi connectivity index (χ1) is 9.99. The predicted octanol–water partition coefficient (Wildman–Crippen LogP) is 3.60. The highest BCUT2D eigenvalue weighted by Gasteiger charge is 2.18. The highest BCUT2D eigenvalue weighted by Crippen LogP contribution is 2.20. The molecule has 0 aliphatic carbocycles. The van der Waals surface area contributed by atoms with Gasteiger partial charge in [-0.2, -0.15) is 0 Å². The van der Waals surface area contributed by atoms with Gasteiger partial charge in [-0.3, -0.25) is 4.79 Å². The fourth-order valence-electron chi connectivity index (χ4n) is 1.78. The molecule has 0 fully saturated rings. The van der Waals surface area contributed by atoms with Crippen molar-refractivity contribution in [2.24, 2.45) is 0 Å². The molecule has 0 bridgehead atoms. The van der Waals surface area contributed by atoms with Crippen LogP contribution in [0.25, 0.3) is 0 Å². The van der Waals surface area contributed by atoms with Crippen LogP contribution < -0.4 is 10.6 Å². The van der Waals surface area contributed by atoms with Crippen molar-refractivity contribution in [2.45, 2.75) is 26.3 Å². The average Bonchev–Trinajstić information content (AvgIpc) is 2.85. The first kappa shape index (κ1) is 15.3. The van der Waals surface area contributed by atoms with Gasteiger partial charge in [-0.15, -0.1) is 0 Å². The summed E-state index contributed by atoms with van der Waals surface area (Å²) in [6.45, 7) is 3.59. The third kappa shape index (κ3) is 3.95. The van der Waals surface area contributed by atoms with Gasteiger partial charge in [0, 0.05) is 11.8 Å². The van der Waals surface area contributed by atoms with Crippen molar-refractivity contribution in [1.29, 1.82) is 0 Å². The number of rotatable bonds is 5. The molecular weight excluding hydrogens is 297 g/mol. The molecule has 0 radical (unpaired) electrons. The Bertz CT molecular complexity index is 645. The minimum Gasteiger partial charge on any atom is -0.374 e. The molecule has 1 amide bonds. The summed E-state index contributed by atoms with van der Waals surface area (Å²) >= 11 is 5.71. The van der Waals surface area contributed by atoms with E-state index in [1.165, 1.54) is 18.2 Å². The largest absolute Gasteiger partial charge is 0.374 e. The third-order valence-corrected chi connectivity index (χ3v) is 3.15. The van der Waals surface area contributed by atoms with Crippen LogP contribution >= 0.6 is 11.6 Å². The summed E-state index contributed by atoms with van der Waals surface area (Å²) in [5.74, 6) is 0.204. The number of hydrogen-bond acceptors (Lipinski definition) is 4. The highest BCUT2D eigenvalue weighted by molar-refractivity contribution is 6.31. The molecule has 2 aromatic rings. The maximum Gasteiger partial charge on any atom is 0.248 e. The number of hydrogen-bond donors (Lipinski definition) is 2. The van der Waals surface area contributed by atoms with E-state index >= 15 is 0 Å². The van der Waals surface area contributed by atoms with E-state index in [1.807, 2.05) is 6.92 Å². The molecular formula is C14H15ClFN3O2. The second kappa shape index (κ2) is 6.58. The first-order valence-corrected chi connectivity index (χ1v) is 6.83. The van der Waals surface area contributed by atoms with Gasteiger partial charge >= 0.3 is 0 Å². The molecule has 1 unspecified atom stereocenters. The molecule has 0 saturated heterocycles. The van der Waals surface area contributed by atoms with Gasteiger partial charge in [-0.25, -0.2) is 4.39 Å². The highest BCUT2D eigenvalue weighted by atomic mass is 35.5. The molecule has 1 atom stereocenters. The van der Waals surface area contributed by atoms with Crippen LogP contribution in [0.4, 0.5) is 15.9 Å². The Labute approximate surface area is 126 Å². The van der Waals surface area contributed by atoms with E-state index in [0.29, 0.717) is 23.7 Å². The second-order valence-corrected chi connectivity index (χ2v) is 4.95. The van der Waals surface area contributed by atoms with Crippen LogP contribution in [-0.2, 0) is 4.79 Å². The molecule has 1 heterocycles. The number of amides is 1. The van der Waals surface area contributed by atoms with Gasteiger partial charge in [0.25, 0.3) is 0 Å². The Morgan fingerprint density at radius 2 is 2.24 bits per heavy atom. The molecule has 1 aromatic carbocycles. The van der Waals surface area contributed by atoms with Gasteiger partial charge < -0.3 is 15.2 Å². The van der Waals surface area contributed by atoms with Crippen molar-refractivity contribution in [3.8, 4) is 0 Å². The Morgan fingerprint density at radius 3 is 2.81 bits per heavy atom. The number of halogens is 2. The molecule has 0 spiro atoms. The third-order valence-electron chi connectivity index (χ3n) is 2.86. The van der Waals surface area contributed by atoms with Crippen LogP contribution in [0.1, 0.15) is 19.1 Å². The van der Waals surface area contributed by atoms with Gasteiger partial charge in [0.1, 0.15) is 17.6 Å². The summed E-state index contributed by atoms with van der Waals surface area (Å²) in [5.41, 5.74) is 0.569. The molecule has 2 rings (SSSR count). The zero-order valence-electron chi connectivity index (χ0n) is 11.6. The average molecular weight is 312 g/mol. The maximum absolute atomic E-state index is 13.1. The van der Waals surface area contributed by atoms with E-state index in [4.69, 9.17) is 16.1 Å². The Morgan fingerprint density at radius 1 is 1.48 bits per heavy atom. The van der Waals surface area contributed by atoms with E-state index in [2.05, 4.69) is 15.8 Å². The zero-order valence-corrected chi connectivity index (χ0v) is 12.4. The van der Waals surface area contributed by atoms with Gasteiger partial charge in [0.15, 0.2) is 5.82 Å². The number of aromatic nitrogens is 1.